The third kappa shape index (κ3) is 6.11. The molecule has 3 N–H and O–H groups in total. The van der Waals surface area contributed by atoms with Gasteiger partial charge < -0.3 is 25.6 Å². The minimum atomic E-state index is -0.969. The van der Waals surface area contributed by atoms with Gasteiger partial charge in [0.1, 0.15) is 6.17 Å². The Bertz CT molecular complexity index is 1260. The number of halogens is 1. The van der Waals surface area contributed by atoms with Crippen LogP contribution in [0.2, 0.25) is 0 Å². The molecule has 2 saturated heterocycles. The Balaban J connectivity index is 1.18. The van der Waals surface area contributed by atoms with Gasteiger partial charge in [-0.05, 0) is 57.0 Å². The molecule has 11 heteroatoms. The third-order valence-corrected chi connectivity index (χ3v) is 6.90. The number of benzene rings is 1. The van der Waals surface area contributed by atoms with Crippen molar-refractivity contribution in [2.24, 2.45) is 0 Å². The highest BCUT2D eigenvalue weighted by molar-refractivity contribution is 5.75. The van der Waals surface area contributed by atoms with Crippen LogP contribution in [0, 0.1) is 6.92 Å². The number of hydrogen-bond donors (Lipinski definition) is 3. The van der Waals surface area contributed by atoms with Gasteiger partial charge in [-0.25, -0.2) is 19.2 Å². The van der Waals surface area contributed by atoms with Crippen LogP contribution in [0.15, 0.2) is 42.9 Å². The molecule has 1 aromatic carbocycles. The normalized spacial score (nSPS) is 19.9. The Hall–Kier alpha value is -3.57. The van der Waals surface area contributed by atoms with E-state index in [1.54, 1.807) is 28.2 Å². The van der Waals surface area contributed by atoms with Gasteiger partial charge in [-0.3, -0.25) is 4.68 Å². The molecule has 2 amide bonds. The Morgan fingerprint density at radius 2 is 2.13 bits per heavy atom. The fourth-order valence-electron chi connectivity index (χ4n) is 4.81. The summed E-state index contributed by atoms with van der Waals surface area (Å²) in [6.07, 6.45) is 5.18. The Kier molecular flexibility index (Phi) is 7.85. The minimum Gasteiger partial charge on any atom is -0.372 e. The number of carbonyl (C=O) groups excluding carboxylic acids is 1. The van der Waals surface area contributed by atoms with E-state index in [2.05, 4.69) is 37.1 Å². The molecular formula is C27H35FN8O2. The summed E-state index contributed by atoms with van der Waals surface area (Å²) < 4.78 is 21.7. The zero-order valence-electron chi connectivity index (χ0n) is 22.0. The summed E-state index contributed by atoms with van der Waals surface area (Å²) in [5, 5.41) is 13.6. The van der Waals surface area contributed by atoms with Crippen LogP contribution in [0.1, 0.15) is 37.4 Å². The Morgan fingerprint density at radius 1 is 1.29 bits per heavy atom. The predicted molar refractivity (Wildman–Crippen MR) is 143 cm³/mol. The summed E-state index contributed by atoms with van der Waals surface area (Å²) in [6.45, 7) is 8.85. The Labute approximate surface area is 222 Å². The number of aromatic nitrogens is 4. The molecular weight excluding hydrogens is 487 g/mol. The van der Waals surface area contributed by atoms with Gasteiger partial charge in [-0.2, -0.15) is 5.10 Å². The van der Waals surface area contributed by atoms with Gasteiger partial charge in [0.15, 0.2) is 0 Å². The smallest absolute Gasteiger partial charge is 0.317 e. The fourth-order valence-corrected chi connectivity index (χ4v) is 4.81. The van der Waals surface area contributed by atoms with Gasteiger partial charge >= 0.3 is 6.03 Å². The molecule has 0 saturated carbocycles. The number of nitrogens with zero attached hydrogens (tertiary/aromatic N) is 5. The zero-order chi connectivity index (χ0) is 26.6. The molecule has 0 bridgehead atoms. The first-order valence-electron chi connectivity index (χ1n) is 13.1. The number of hydrogen-bond acceptors (Lipinski definition) is 7. The summed E-state index contributed by atoms with van der Waals surface area (Å²) >= 11 is 0. The molecule has 2 atom stereocenters. The number of anilines is 2. The maximum absolute atomic E-state index is 14.3. The second-order valence-corrected chi connectivity index (χ2v) is 10.2. The van der Waals surface area contributed by atoms with Gasteiger partial charge in [0, 0.05) is 31.0 Å². The lowest BCUT2D eigenvalue weighted by Crippen LogP contribution is -2.58. The molecule has 0 aliphatic carbocycles. The minimum absolute atomic E-state index is 0.0749. The van der Waals surface area contributed by atoms with Crippen LogP contribution in [0.4, 0.5) is 20.8 Å². The van der Waals surface area contributed by atoms with Crippen molar-refractivity contribution in [1.29, 1.82) is 0 Å². The summed E-state index contributed by atoms with van der Waals surface area (Å²) in [5.41, 5.74) is 4.53. The lowest BCUT2D eigenvalue weighted by Gasteiger charge is -2.39. The van der Waals surface area contributed by atoms with E-state index in [0.29, 0.717) is 44.2 Å². The van der Waals surface area contributed by atoms with Crippen molar-refractivity contribution >= 4 is 17.7 Å². The highest BCUT2D eigenvalue weighted by Crippen LogP contribution is 2.25. The number of carbonyl (C=O) groups is 1. The molecule has 2 aromatic heterocycles. The van der Waals surface area contributed by atoms with Crippen molar-refractivity contribution in [1.82, 2.24) is 35.3 Å². The molecule has 10 nitrogen and oxygen atoms in total. The van der Waals surface area contributed by atoms with Crippen molar-refractivity contribution in [3.63, 3.8) is 0 Å². The average molecular weight is 523 g/mol. The number of urea groups is 1. The van der Waals surface area contributed by atoms with E-state index in [1.165, 1.54) is 0 Å². The highest BCUT2D eigenvalue weighted by atomic mass is 19.1. The van der Waals surface area contributed by atoms with Crippen molar-refractivity contribution in [2.75, 3.05) is 31.5 Å². The maximum Gasteiger partial charge on any atom is 0.317 e. The van der Waals surface area contributed by atoms with Gasteiger partial charge in [-0.1, -0.05) is 12.1 Å². The molecule has 3 aromatic rings. The Morgan fingerprint density at radius 3 is 2.89 bits per heavy atom. The molecule has 38 heavy (non-hydrogen) atoms. The van der Waals surface area contributed by atoms with Crippen LogP contribution in [0.25, 0.3) is 11.3 Å². The second kappa shape index (κ2) is 11.4. The average Bonchev–Trinajstić information content (AvgIpc) is 3.33. The van der Waals surface area contributed by atoms with Gasteiger partial charge in [0.25, 0.3) is 0 Å². The van der Waals surface area contributed by atoms with Crippen molar-refractivity contribution in [3.05, 3.63) is 54.0 Å². The first-order valence-corrected chi connectivity index (χ1v) is 13.1. The van der Waals surface area contributed by atoms with E-state index >= 15 is 0 Å². The lowest BCUT2D eigenvalue weighted by molar-refractivity contribution is -0.0641. The molecule has 2 unspecified atom stereocenters. The van der Waals surface area contributed by atoms with E-state index in [9.17, 15) is 9.18 Å². The van der Waals surface area contributed by atoms with Gasteiger partial charge in [0.05, 0.1) is 48.9 Å². The summed E-state index contributed by atoms with van der Waals surface area (Å²) in [5.74, 6) is 0.437. The number of aryl methyl sites for hydroxylation is 1. The molecule has 0 spiro atoms. The number of piperidine rings is 1. The number of likely N-dealkylation sites (tertiary alicyclic amines) is 1. The van der Waals surface area contributed by atoms with E-state index in [0.717, 1.165) is 28.9 Å². The van der Waals surface area contributed by atoms with E-state index in [1.807, 2.05) is 39.0 Å². The van der Waals surface area contributed by atoms with Crippen molar-refractivity contribution < 1.29 is 13.9 Å². The quantitative estimate of drug-likeness (QED) is 0.415. The van der Waals surface area contributed by atoms with E-state index in [-0.39, 0.29) is 24.3 Å². The van der Waals surface area contributed by atoms with Crippen molar-refractivity contribution in [2.45, 2.75) is 58.2 Å². The SMILES string of the molecule is Cc1cc(-c2ccnc(Nc3cnn(C4CCNCC4F)c3)n2)ccc1CNC(=O)N1CC(OC(C)C)C1. The second-order valence-electron chi connectivity index (χ2n) is 10.2. The number of amides is 2. The van der Waals surface area contributed by atoms with Crippen LogP contribution >= 0.6 is 0 Å². The summed E-state index contributed by atoms with van der Waals surface area (Å²) in [6, 6.07) is 7.57. The lowest BCUT2D eigenvalue weighted by atomic mass is 10.0. The van der Waals surface area contributed by atoms with E-state index < -0.39 is 6.17 Å². The zero-order valence-corrected chi connectivity index (χ0v) is 22.0. The van der Waals surface area contributed by atoms with Gasteiger partial charge in [0.2, 0.25) is 5.95 Å². The predicted octanol–water partition coefficient (Wildman–Crippen LogP) is 3.58. The first kappa shape index (κ1) is 26.1. The maximum atomic E-state index is 14.3. The molecule has 202 valence electrons. The monoisotopic (exact) mass is 522 g/mol. The summed E-state index contributed by atoms with van der Waals surface area (Å²) in [7, 11) is 0. The number of rotatable bonds is 8. The third-order valence-electron chi connectivity index (χ3n) is 6.90. The molecule has 4 heterocycles. The van der Waals surface area contributed by atoms with Gasteiger partial charge in [-0.15, -0.1) is 0 Å². The molecule has 5 rings (SSSR count). The van der Waals surface area contributed by atoms with Crippen LogP contribution in [-0.2, 0) is 11.3 Å². The largest absolute Gasteiger partial charge is 0.372 e. The molecule has 2 aliphatic rings. The number of nitrogens with one attached hydrogen (secondary N) is 3. The van der Waals surface area contributed by atoms with Crippen molar-refractivity contribution in [3.8, 4) is 11.3 Å². The molecule has 2 fully saturated rings. The molecule has 0 radical (unpaired) electrons. The fraction of sp³-hybridized carbons (Fsp3) is 0.481. The highest BCUT2D eigenvalue weighted by Gasteiger charge is 2.31. The molecule has 2 aliphatic heterocycles. The first-order chi connectivity index (χ1) is 18.4. The number of ether oxygens (including phenoxy) is 1. The summed E-state index contributed by atoms with van der Waals surface area (Å²) in [4.78, 5) is 23.2. The standard InChI is InChI=1S/C27H35FN8O2/c1-17(2)38-22-15-35(16-22)27(37)31-11-20-5-4-19(10-18(20)3)24-6-9-30-26(34-24)33-21-12-32-36(14-21)25-7-8-29-13-23(25)28/h4-6,9-10,12,14,17,22-23,25,29H,7-8,11,13,15-16H2,1-3H3,(H,31,37)(H,30,33,34). The van der Waals surface area contributed by atoms with Crippen LogP contribution in [-0.4, -0.2) is 75.2 Å². The van der Waals surface area contributed by atoms with Crippen LogP contribution in [0.3, 0.4) is 0 Å². The number of alkyl halides is 1. The van der Waals surface area contributed by atoms with E-state index in [4.69, 9.17) is 4.74 Å². The van der Waals surface area contributed by atoms with Crippen LogP contribution < -0.4 is 16.0 Å². The topological polar surface area (TPSA) is 109 Å². The van der Waals surface area contributed by atoms with Crippen LogP contribution in [0.5, 0.6) is 0 Å².